The molecule has 25 heavy (non-hydrogen) atoms. The molecule has 0 radical (unpaired) electrons. The summed E-state index contributed by atoms with van der Waals surface area (Å²) in [5.74, 6) is 1.01. The van der Waals surface area contributed by atoms with Gasteiger partial charge in [-0.2, -0.15) is 0 Å². The number of ether oxygens (including phenoxy) is 2. The number of benzene rings is 2. The van der Waals surface area contributed by atoms with Gasteiger partial charge in [0.1, 0.15) is 0 Å². The van der Waals surface area contributed by atoms with Crippen LogP contribution in [0.2, 0.25) is 5.02 Å². The number of para-hydroxylation sites is 1. The third-order valence-corrected chi connectivity index (χ3v) is 4.29. The second-order valence-corrected chi connectivity index (χ2v) is 6.55. The van der Waals surface area contributed by atoms with Crippen LogP contribution in [0.3, 0.4) is 0 Å². The molecule has 0 N–H and O–H groups in total. The van der Waals surface area contributed by atoms with Gasteiger partial charge in [-0.1, -0.05) is 29.8 Å². The first kappa shape index (κ1) is 17.4. The molecule has 0 saturated carbocycles. The molecule has 1 heterocycles. The molecule has 4 nitrogen and oxygen atoms in total. The van der Waals surface area contributed by atoms with E-state index >= 15 is 0 Å². The molecule has 2 aromatic carbocycles. The van der Waals surface area contributed by atoms with E-state index < -0.39 is 0 Å². The largest absolute Gasteiger partial charge is 0.493 e. The number of rotatable bonds is 4. The van der Waals surface area contributed by atoms with Gasteiger partial charge in [-0.3, -0.25) is 4.79 Å². The SMILES string of the molecule is COc1cc(/C=C2/C(=O)N(C)c3ccccc32)cc(Cl)c1OC(C)C. The number of carbonyl (C=O) groups excluding carboxylic acids is 1. The Kier molecular flexibility index (Phi) is 4.73. The molecule has 0 unspecified atom stereocenters. The summed E-state index contributed by atoms with van der Waals surface area (Å²) in [5, 5.41) is 0.451. The Labute approximate surface area is 152 Å². The molecule has 3 rings (SSSR count). The predicted molar refractivity (Wildman–Crippen MR) is 101 cm³/mol. The monoisotopic (exact) mass is 357 g/mol. The normalized spacial score (nSPS) is 15.0. The third-order valence-electron chi connectivity index (χ3n) is 4.01. The van der Waals surface area contributed by atoms with E-state index in [2.05, 4.69) is 0 Å². The fourth-order valence-corrected chi connectivity index (χ4v) is 3.14. The maximum Gasteiger partial charge on any atom is 0.258 e. The molecule has 1 amide bonds. The van der Waals surface area contributed by atoms with Crippen LogP contribution >= 0.6 is 11.6 Å². The summed E-state index contributed by atoms with van der Waals surface area (Å²) < 4.78 is 11.1. The lowest BCUT2D eigenvalue weighted by atomic mass is 10.0. The standard InChI is InChI=1S/C20H20ClNO3/c1-12(2)25-19-16(21)10-13(11-18(19)24-4)9-15-14-7-5-6-8-17(14)22(3)20(15)23/h5-12H,1-4H3/b15-9+. The summed E-state index contributed by atoms with van der Waals surface area (Å²) in [6.07, 6.45) is 1.81. The first-order valence-corrected chi connectivity index (χ1v) is 8.43. The second-order valence-electron chi connectivity index (χ2n) is 6.14. The molecule has 0 aliphatic carbocycles. The van der Waals surface area contributed by atoms with Crippen LogP contribution in [0.5, 0.6) is 11.5 Å². The fourth-order valence-electron chi connectivity index (χ4n) is 2.88. The van der Waals surface area contributed by atoms with Gasteiger partial charge in [0.25, 0.3) is 5.91 Å². The zero-order valence-electron chi connectivity index (χ0n) is 14.7. The zero-order valence-corrected chi connectivity index (χ0v) is 15.4. The van der Waals surface area contributed by atoms with Gasteiger partial charge >= 0.3 is 0 Å². The Bertz CT molecular complexity index is 858. The van der Waals surface area contributed by atoms with E-state index in [9.17, 15) is 4.79 Å². The lowest BCUT2D eigenvalue weighted by Gasteiger charge is -2.15. The van der Waals surface area contributed by atoms with Gasteiger partial charge in [0.05, 0.1) is 23.9 Å². The topological polar surface area (TPSA) is 38.8 Å². The van der Waals surface area contributed by atoms with Crippen molar-refractivity contribution in [3.05, 3.63) is 52.5 Å². The van der Waals surface area contributed by atoms with Crippen LogP contribution in [0, 0.1) is 0 Å². The van der Waals surface area contributed by atoms with Crippen molar-refractivity contribution in [3.63, 3.8) is 0 Å². The number of carbonyl (C=O) groups is 1. The first-order valence-electron chi connectivity index (χ1n) is 8.05. The molecular formula is C20H20ClNO3. The minimum absolute atomic E-state index is 0.0208. The van der Waals surface area contributed by atoms with Crippen LogP contribution < -0.4 is 14.4 Å². The van der Waals surface area contributed by atoms with Crippen molar-refractivity contribution in [2.75, 3.05) is 19.1 Å². The molecule has 5 heteroatoms. The number of hydrogen-bond acceptors (Lipinski definition) is 3. The van der Waals surface area contributed by atoms with Crippen LogP contribution in [0.1, 0.15) is 25.0 Å². The lowest BCUT2D eigenvalue weighted by Crippen LogP contribution is -2.20. The summed E-state index contributed by atoms with van der Waals surface area (Å²) in [7, 11) is 3.34. The second kappa shape index (κ2) is 6.81. The van der Waals surface area contributed by atoms with Crippen molar-refractivity contribution in [3.8, 4) is 11.5 Å². The van der Waals surface area contributed by atoms with E-state index in [-0.39, 0.29) is 12.0 Å². The zero-order chi connectivity index (χ0) is 18.1. The van der Waals surface area contributed by atoms with E-state index in [1.54, 1.807) is 25.1 Å². The van der Waals surface area contributed by atoms with Crippen molar-refractivity contribution in [1.29, 1.82) is 0 Å². The van der Waals surface area contributed by atoms with Gasteiger partial charge in [0, 0.05) is 18.2 Å². The Balaban J connectivity index is 2.08. The number of amides is 1. The molecule has 0 spiro atoms. The van der Waals surface area contributed by atoms with Crippen molar-refractivity contribution >= 4 is 34.8 Å². The number of nitrogens with zero attached hydrogens (tertiary/aromatic N) is 1. The van der Waals surface area contributed by atoms with Gasteiger partial charge in [0.15, 0.2) is 11.5 Å². The van der Waals surface area contributed by atoms with Crippen LogP contribution in [0.25, 0.3) is 11.6 Å². The Morgan fingerprint density at radius 1 is 1.20 bits per heavy atom. The molecule has 130 valence electrons. The third kappa shape index (κ3) is 3.22. The van der Waals surface area contributed by atoms with Crippen LogP contribution in [-0.2, 0) is 4.79 Å². The molecule has 0 aromatic heterocycles. The van der Waals surface area contributed by atoms with Crippen molar-refractivity contribution in [2.24, 2.45) is 0 Å². The minimum Gasteiger partial charge on any atom is -0.493 e. The smallest absolute Gasteiger partial charge is 0.258 e. The highest BCUT2D eigenvalue weighted by Crippen LogP contribution is 2.40. The minimum atomic E-state index is -0.0428. The first-order chi connectivity index (χ1) is 11.9. The summed E-state index contributed by atoms with van der Waals surface area (Å²) in [5.41, 5.74) is 3.23. The van der Waals surface area contributed by atoms with E-state index in [0.29, 0.717) is 22.1 Å². The quantitative estimate of drug-likeness (QED) is 0.747. The van der Waals surface area contributed by atoms with E-state index in [0.717, 1.165) is 16.8 Å². The molecule has 1 aliphatic heterocycles. The van der Waals surface area contributed by atoms with Crippen molar-refractivity contribution in [1.82, 2.24) is 0 Å². The molecule has 0 bridgehead atoms. The van der Waals surface area contributed by atoms with Crippen LogP contribution in [0.4, 0.5) is 5.69 Å². The number of methoxy groups -OCH3 is 1. The molecule has 0 fully saturated rings. The van der Waals surface area contributed by atoms with E-state index in [1.807, 2.05) is 50.3 Å². The summed E-state index contributed by atoms with van der Waals surface area (Å²) in [4.78, 5) is 14.2. The van der Waals surface area contributed by atoms with Gasteiger partial charge in [-0.15, -0.1) is 0 Å². The van der Waals surface area contributed by atoms with Crippen molar-refractivity contribution < 1.29 is 14.3 Å². The average molecular weight is 358 g/mol. The van der Waals surface area contributed by atoms with Crippen LogP contribution in [-0.4, -0.2) is 26.2 Å². The van der Waals surface area contributed by atoms with Gasteiger partial charge in [0.2, 0.25) is 0 Å². The molecule has 0 saturated heterocycles. The lowest BCUT2D eigenvalue weighted by molar-refractivity contribution is -0.112. The van der Waals surface area contributed by atoms with Gasteiger partial charge < -0.3 is 14.4 Å². The fraction of sp³-hybridized carbons (Fsp3) is 0.250. The van der Waals surface area contributed by atoms with Crippen LogP contribution in [0.15, 0.2) is 36.4 Å². The number of halogens is 1. The highest BCUT2D eigenvalue weighted by Gasteiger charge is 2.29. The summed E-state index contributed by atoms with van der Waals surface area (Å²) in [6.45, 7) is 3.85. The molecule has 2 aromatic rings. The van der Waals surface area contributed by atoms with E-state index in [4.69, 9.17) is 21.1 Å². The molecule has 0 atom stereocenters. The maximum absolute atomic E-state index is 12.6. The number of fused-ring (bicyclic) bond motifs is 1. The Morgan fingerprint density at radius 3 is 2.60 bits per heavy atom. The highest BCUT2D eigenvalue weighted by molar-refractivity contribution is 6.36. The summed E-state index contributed by atoms with van der Waals surface area (Å²) >= 11 is 6.38. The van der Waals surface area contributed by atoms with Gasteiger partial charge in [-0.25, -0.2) is 0 Å². The van der Waals surface area contributed by atoms with Gasteiger partial charge in [-0.05, 0) is 43.7 Å². The number of likely N-dealkylation sites (N-methyl/N-ethyl adjacent to an activating group) is 1. The highest BCUT2D eigenvalue weighted by atomic mass is 35.5. The molecule has 1 aliphatic rings. The maximum atomic E-state index is 12.6. The predicted octanol–water partition coefficient (Wildman–Crippen LogP) is 4.65. The summed E-state index contributed by atoms with van der Waals surface area (Å²) in [6, 6.07) is 11.3. The number of hydrogen-bond donors (Lipinski definition) is 0. The average Bonchev–Trinajstić information content (AvgIpc) is 2.82. The molecular weight excluding hydrogens is 338 g/mol. The van der Waals surface area contributed by atoms with E-state index in [1.165, 1.54) is 0 Å². The van der Waals surface area contributed by atoms with Crippen molar-refractivity contribution in [2.45, 2.75) is 20.0 Å². The number of anilines is 1. The Hall–Kier alpha value is -2.46. The Morgan fingerprint density at radius 2 is 1.92 bits per heavy atom.